The van der Waals surface area contributed by atoms with E-state index in [1.165, 1.54) is 12.1 Å². The van der Waals surface area contributed by atoms with Crippen LogP contribution in [0.25, 0.3) is 0 Å². The Hall–Kier alpha value is -0.120. The predicted molar refractivity (Wildman–Crippen MR) is 68.2 cm³/mol. The number of rotatable bonds is 4. The van der Waals surface area contributed by atoms with Gasteiger partial charge in [-0.15, -0.1) is 11.6 Å². The number of benzene rings is 1. The molecule has 0 heterocycles. The summed E-state index contributed by atoms with van der Waals surface area (Å²) in [6.07, 6.45) is 2.22. The van der Waals surface area contributed by atoms with E-state index < -0.39 is 0 Å². The van der Waals surface area contributed by atoms with E-state index in [2.05, 4.69) is 21.2 Å². The van der Waals surface area contributed by atoms with Crippen molar-refractivity contribution < 1.29 is 4.39 Å². The highest BCUT2D eigenvalue weighted by molar-refractivity contribution is 9.10. The van der Waals surface area contributed by atoms with Gasteiger partial charge in [0, 0.05) is 16.4 Å². The van der Waals surface area contributed by atoms with Crippen LogP contribution in [0.4, 0.5) is 4.39 Å². The van der Waals surface area contributed by atoms with Gasteiger partial charge in [-0.3, -0.25) is 0 Å². The van der Waals surface area contributed by atoms with Gasteiger partial charge in [0.05, 0.1) is 0 Å². The summed E-state index contributed by atoms with van der Waals surface area (Å²) in [5, 5.41) is 3.75. The Bertz CT molecular complexity index is 366. The van der Waals surface area contributed by atoms with Crippen LogP contribution in [0.3, 0.4) is 0 Å². The summed E-state index contributed by atoms with van der Waals surface area (Å²) < 4.78 is 13.7. The fourth-order valence-corrected chi connectivity index (χ4v) is 2.89. The van der Waals surface area contributed by atoms with Gasteiger partial charge in [-0.1, -0.05) is 22.0 Å². The monoisotopic (exact) mass is 305 g/mol. The summed E-state index contributed by atoms with van der Waals surface area (Å²) in [6, 6.07) is 4.78. The first-order valence-electron chi connectivity index (χ1n) is 5.44. The molecule has 1 fully saturated rings. The van der Waals surface area contributed by atoms with Crippen LogP contribution in [-0.2, 0) is 6.54 Å². The van der Waals surface area contributed by atoms with E-state index in [1.54, 1.807) is 6.07 Å². The zero-order valence-corrected chi connectivity index (χ0v) is 11.2. The van der Waals surface area contributed by atoms with E-state index >= 15 is 0 Å². The van der Waals surface area contributed by atoms with Gasteiger partial charge in [0.2, 0.25) is 0 Å². The Morgan fingerprint density at radius 1 is 1.44 bits per heavy atom. The molecule has 0 aliphatic heterocycles. The van der Waals surface area contributed by atoms with Crippen LogP contribution in [0.5, 0.6) is 0 Å². The second-order valence-corrected chi connectivity index (χ2v) is 5.77. The standard InChI is InChI=1S/C12H14BrClFN/c13-12-5-11(15)2-1-9(12)7-16-6-8-3-10(14)4-8/h1-2,5,8,10,16H,3-4,6-7H2. The number of hydrogen-bond donors (Lipinski definition) is 1. The SMILES string of the molecule is Fc1ccc(CNCC2CC(Cl)C2)c(Br)c1. The van der Waals surface area contributed by atoms with Gasteiger partial charge >= 0.3 is 0 Å². The zero-order chi connectivity index (χ0) is 11.5. The minimum atomic E-state index is -0.209. The van der Waals surface area contributed by atoms with Crippen molar-refractivity contribution >= 4 is 27.5 Å². The third-order valence-electron chi connectivity index (χ3n) is 2.94. The minimum Gasteiger partial charge on any atom is -0.312 e. The predicted octanol–water partition coefficient (Wildman–Crippen LogP) is 3.70. The lowest BCUT2D eigenvalue weighted by molar-refractivity contribution is 0.308. The average Bonchev–Trinajstić information content (AvgIpc) is 2.18. The lowest BCUT2D eigenvalue weighted by Crippen LogP contribution is -2.33. The van der Waals surface area contributed by atoms with E-state index in [4.69, 9.17) is 11.6 Å². The molecule has 1 aliphatic rings. The largest absolute Gasteiger partial charge is 0.312 e. The molecule has 0 amide bonds. The molecule has 0 unspecified atom stereocenters. The van der Waals surface area contributed by atoms with Crippen LogP contribution in [0, 0.1) is 11.7 Å². The smallest absolute Gasteiger partial charge is 0.124 e. The molecule has 2 rings (SSSR count). The molecule has 1 aromatic rings. The van der Waals surface area contributed by atoms with Crippen LogP contribution < -0.4 is 5.32 Å². The fraction of sp³-hybridized carbons (Fsp3) is 0.500. The summed E-state index contributed by atoms with van der Waals surface area (Å²) in [5.74, 6) is 0.501. The third kappa shape index (κ3) is 3.19. The van der Waals surface area contributed by atoms with Crippen LogP contribution in [0.2, 0.25) is 0 Å². The molecule has 0 atom stereocenters. The number of nitrogens with one attached hydrogen (secondary N) is 1. The second kappa shape index (κ2) is 5.48. The van der Waals surface area contributed by atoms with Crippen LogP contribution in [0.15, 0.2) is 22.7 Å². The molecule has 1 nitrogen and oxygen atoms in total. The molecule has 0 aromatic heterocycles. The van der Waals surface area contributed by atoms with Crippen molar-refractivity contribution in [1.29, 1.82) is 0 Å². The lowest BCUT2D eigenvalue weighted by atomic mass is 9.85. The fourth-order valence-electron chi connectivity index (χ4n) is 1.90. The van der Waals surface area contributed by atoms with Crippen molar-refractivity contribution in [2.24, 2.45) is 5.92 Å². The summed E-state index contributed by atoms with van der Waals surface area (Å²) in [5.41, 5.74) is 1.09. The highest BCUT2D eigenvalue weighted by atomic mass is 79.9. The van der Waals surface area contributed by atoms with E-state index in [-0.39, 0.29) is 5.82 Å². The van der Waals surface area contributed by atoms with Gasteiger partial charge in [-0.25, -0.2) is 4.39 Å². The molecule has 1 aromatic carbocycles. The van der Waals surface area contributed by atoms with Crippen molar-refractivity contribution in [3.05, 3.63) is 34.1 Å². The Balaban J connectivity index is 1.76. The lowest BCUT2D eigenvalue weighted by Gasteiger charge is -2.31. The molecule has 0 bridgehead atoms. The van der Waals surface area contributed by atoms with Gasteiger partial charge in [-0.05, 0) is 43.0 Å². The number of hydrogen-bond acceptors (Lipinski definition) is 1. The molecule has 16 heavy (non-hydrogen) atoms. The number of alkyl halides is 1. The topological polar surface area (TPSA) is 12.0 Å². The molecule has 0 radical (unpaired) electrons. The van der Waals surface area contributed by atoms with E-state index in [0.29, 0.717) is 11.3 Å². The Morgan fingerprint density at radius 2 is 2.19 bits per heavy atom. The van der Waals surface area contributed by atoms with Crippen LogP contribution in [0.1, 0.15) is 18.4 Å². The molecule has 1 aliphatic carbocycles. The summed E-state index contributed by atoms with van der Waals surface area (Å²) in [7, 11) is 0. The molecular formula is C12H14BrClFN. The van der Waals surface area contributed by atoms with E-state index in [9.17, 15) is 4.39 Å². The molecule has 0 spiro atoms. The van der Waals surface area contributed by atoms with Crippen molar-refractivity contribution in [1.82, 2.24) is 5.32 Å². The first kappa shape index (κ1) is 12.3. The zero-order valence-electron chi connectivity index (χ0n) is 8.85. The second-order valence-electron chi connectivity index (χ2n) is 4.30. The summed E-state index contributed by atoms with van der Waals surface area (Å²) in [4.78, 5) is 0. The Morgan fingerprint density at radius 3 is 2.81 bits per heavy atom. The summed E-state index contributed by atoms with van der Waals surface area (Å²) in [6.45, 7) is 1.76. The molecular weight excluding hydrogens is 292 g/mol. The van der Waals surface area contributed by atoms with Gasteiger partial charge in [0.25, 0.3) is 0 Å². The molecule has 1 N–H and O–H groups in total. The first-order chi connectivity index (χ1) is 7.65. The molecule has 0 saturated heterocycles. The van der Waals surface area contributed by atoms with Crippen LogP contribution in [-0.4, -0.2) is 11.9 Å². The highest BCUT2D eigenvalue weighted by Gasteiger charge is 2.26. The van der Waals surface area contributed by atoms with E-state index in [1.807, 2.05) is 0 Å². The molecule has 1 saturated carbocycles. The Kier molecular flexibility index (Phi) is 4.22. The van der Waals surface area contributed by atoms with Crippen LogP contribution >= 0.6 is 27.5 Å². The van der Waals surface area contributed by atoms with Gasteiger partial charge in [0.15, 0.2) is 0 Å². The normalized spacial score (nSPS) is 24.2. The van der Waals surface area contributed by atoms with Gasteiger partial charge < -0.3 is 5.32 Å². The molecule has 88 valence electrons. The van der Waals surface area contributed by atoms with Crippen molar-refractivity contribution in [2.75, 3.05) is 6.54 Å². The van der Waals surface area contributed by atoms with Crippen molar-refractivity contribution in [3.8, 4) is 0 Å². The summed E-state index contributed by atoms with van der Waals surface area (Å²) >= 11 is 9.26. The van der Waals surface area contributed by atoms with Gasteiger partial charge in [-0.2, -0.15) is 0 Å². The maximum atomic E-state index is 12.8. The quantitative estimate of drug-likeness (QED) is 0.837. The van der Waals surface area contributed by atoms with Gasteiger partial charge in [0.1, 0.15) is 5.82 Å². The first-order valence-corrected chi connectivity index (χ1v) is 6.67. The van der Waals surface area contributed by atoms with Crippen molar-refractivity contribution in [2.45, 2.75) is 24.8 Å². The van der Waals surface area contributed by atoms with E-state index in [0.717, 1.165) is 36.0 Å². The molecule has 4 heteroatoms. The maximum absolute atomic E-state index is 12.8. The Labute approximate surface area is 109 Å². The maximum Gasteiger partial charge on any atom is 0.124 e. The average molecular weight is 307 g/mol. The number of halogens is 3. The minimum absolute atomic E-state index is 0.209. The highest BCUT2D eigenvalue weighted by Crippen LogP contribution is 2.31. The third-order valence-corrected chi connectivity index (χ3v) is 4.04. The van der Waals surface area contributed by atoms with Crippen molar-refractivity contribution in [3.63, 3.8) is 0 Å².